The Morgan fingerprint density at radius 3 is 2.46 bits per heavy atom. The Bertz CT molecular complexity index is 117. The van der Waals surface area contributed by atoms with E-state index in [4.69, 9.17) is 10.5 Å². The van der Waals surface area contributed by atoms with Crippen LogP contribution in [0.5, 0.6) is 0 Å². The molecule has 2 unspecified atom stereocenters. The van der Waals surface area contributed by atoms with Gasteiger partial charge in [-0.15, -0.1) is 0 Å². The van der Waals surface area contributed by atoms with E-state index in [1.54, 1.807) is 0 Å². The lowest BCUT2D eigenvalue weighted by atomic mass is 10.1. The molecule has 0 aliphatic heterocycles. The average molecular weight is 188 g/mol. The van der Waals surface area contributed by atoms with Gasteiger partial charge in [-0.05, 0) is 40.8 Å². The monoisotopic (exact) mass is 188 g/mol. The Hall–Kier alpha value is -0.120. The number of nitrogens with two attached hydrogens (primary N) is 1. The van der Waals surface area contributed by atoms with Crippen molar-refractivity contribution in [1.29, 1.82) is 0 Å². The predicted molar refractivity (Wildman–Crippen MR) is 56.9 cm³/mol. The van der Waals surface area contributed by atoms with Gasteiger partial charge in [-0.3, -0.25) is 0 Å². The van der Waals surface area contributed by atoms with Gasteiger partial charge in [0.2, 0.25) is 0 Å². The first kappa shape index (κ1) is 12.9. The number of rotatable bonds is 7. The van der Waals surface area contributed by atoms with E-state index in [0.29, 0.717) is 6.04 Å². The number of nitrogens with zero attached hydrogens (tertiary/aromatic N) is 1. The smallest absolute Gasteiger partial charge is 0.0480 e. The maximum absolute atomic E-state index is 5.95. The van der Waals surface area contributed by atoms with Gasteiger partial charge < -0.3 is 15.4 Å². The van der Waals surface area contributed by atoms with Crippen LogP contribution in [0.25, 0.3) is 0 Å². The van der Waals surface area contributed by atoms with E-state index in [9.17, 15) is 0 Å². The highest BCUT2D eigenvalue weighted by Crippen LogP contribution is 2.04. The van der Waals surface area contributed by atoms with Gasteiger partial charge in [0, 0.05) is 25.3 Å². The van der Waals surface area contributed by atoms with Gasteiger partial charge in [0.15, 0.2) is 0 Å². The molecule has 0 spiro atoms. The van der Waals surface area contributed by atoms with Crippen molar-refractivity contribution in [2.24, 2.45) is 5.73 Å². The molecular weight excluding hydrogens is 164 g/mol. The largest absolute Gasteiger partial charge is 0.382 e. The molecular formula is C10H24N2O. The molecule has 0 heterocycles. The number of hydrogen-bond acceptors (Lipinski definition) is 3. The molecule has 0 rings (SSSR count). The molecule has 3 nitrogen and oxygen atoms in total. The Morgan fingerprint density at radius 1 is 1.38 bits per heavy atom. The third-order valence-electron chi connectivity index (χ3n) is 2.36. The third-order valence-corrected chi connectivity index (χ3v) is 2.36. The zero-order valence-corrected chi connectivity index (χ0v) is 9.42. The van der Waals surface area contributed by atoms with Gasteiger partial charge in [0.1, 0.15) is 0 Å². The van der Waals surface area contributed by atoms with E-state index in [1.165, 1.54) is 0 Å². The van der Waals surface area contributed by atoms with Crippen LogP contribution in [0.2, 0.25) is 0 Å². The molecule has 13 heavy (non-hydrogen) atoms. The molecule has 0 aromatic heterocycles. The second kappa shape index (κ2) is 7.30. The van der Waals surface area contributed by atoms with Gasteiger partial charge >= 0.3 is 0 Å². The van der Waals surface area contributed by atoms with Gasteiger partial charge in [0.05, 0.1) is 0 Å². The van der Waals surface area contributed by atoms with Crippen LogP contribution in [0.3, 0.4) is 0 Å². The average Bonchev–Trinajstić information content (AvgIpc) is 2.04. The van der Waals surface area contributed by atoms with E-state index >= 15 is 0 Å². The summed E-state index contributed by atoms with van der Waals surface area (Å²) in [6, 6.07) is 0.820. The Kier molecular flexibility index (Phi) is 7.23. The molecule has 0 bridgehead atoms. The zero-order valence-electron chi connectivity index (χ0n) is 9.42. The summed E-state index contributed by atoms with van der Waals surface area (Å²) in [5, 5.41) is 0. The van der Waals surface area contributed by atoms with Gasteiger partial charge in [0.25, 0.3) is 0 Å². The summed E-state index contributed by atoms with van der Waals surface area (Å²) < 4.78 is 5.25. The molecule has 2 N–H and O–H groups in total. The van der Waals surface area contributed by atoms with Crippen molar-refractivity contribution in [3.63, 3.8) is 0 Å². The molecule has 0 aromatic rings. The highest BCUT2D eigenvalue weighted by Gasteiger charge is 2.10. The van der Waals surface area contributed by atoms with Crippen LogP contribution < -0.4 is 5.73 Å². The minimum absolute atomic E-state index is 0.268. The number of ether oxygens (including phenoxy) is 1. The van der Waals surface area contributed by atoms with Crippen molar-refractivity contribution in [2.75, 3.05) is 27.3 Å². The molecule has 0 amide bonds. The first-order valence-electron chi connectivity index (χ1n) is 5.07. The predicted octanol–water partition coefficient (Wildman–Crippen LogP) is 1.08. The first-order chi connectivity index (χ1) is 6.07. The molecule has 0 aliphatic rings. The fraction of sp³-hybridized carbons (Fsp3) is 1.00. The summed E-state index contributed by atoms with van der Waals surface area (Å²) in [6.45, 7) is 5.78. The molecule has 0 saturated carbocycles. The van der Waals surface area contributed by atoms with Crippen molar-refractivity contribution < 1.29 is 4.74 Å². The minimum Gasteiger partial charge on any atom is -0.382 e. The lowest BCUT2D eigenvalue weighted by Gasteiger charge is -2.23. The lowest BCUT2D eigenvalue weighted by molar-refractivity contribution is 0.136. The van der Waals surface area contributed by atoms with E-state index in [-0.39, 0.29) is 6.04 Å². The molecule has 3 heteroatoms. The van der Waals surface area contributed by atoms with Gasteiger partial charge in [-0.25, -0.2) is 0 Å². The molecule has 2 atom stereocenters. The molecule has 0 radical (unpaired) electrons. The van der Waals surface area contributed by atoms with Gasteiger partial charge in [-0.1, -0.05) is 0 Å². The van der Waals surface area contributed by atoms with E-state index in [1.807, 2.05) is 6.92 Å². The quantitative estimate of drug-likeness (QED) is 0.608. The molecule has 80 valence electrons. The van der Waals surface area contributed by atoms with Crippen molar-refractivity contribution in [3.8, 4) is 0 Å². The van der Waals surface area contributed by atoms with Crippen LogP contribution in [0.1, 0.15) is 26.7 Å². The Balaban J connectivity index is 3.43. The van der Waals surface area contributed by atoms with Crippen molar-refractivity contribution in [1.82, 2.24) is 4.90 Å². The molecule has 0 aromatic carbocycles. The summed E-state index contributed by atoms with van der Waals surface area (Å²) in [6.07, 6.45) is 2.01. The fourth-order valence-electron chi connectivity index (χ4n) is 1.15. The maximum atomic E-state index is 5.95. The Labute approximate surface area is 82.2 Å². The second-order valence-corrected chi connectivity index (χ2v) is 3.79. The fourth-order valence-corrected chi connectivity index (χ4v) is 1.15. The molecule has 0 fully saturated rings. The first-order valence-corrected chi connectivity index (χ1v) is 5.07. The topological polar surface area (TPSA) is 38.5 Å². The van der Waals surface area contributed by atoms with Gasteiger partial charge in [-0.2, -0.15) is 0 Å². The lowest BCUT2D eigenvalue weighted by Crippen LogP contribution is -2.33. The van der Waals surface area contributed by atoms with Crippen molar-refractivity contribution in [2.45, 2.75) is 38.8 Å². The highest BCUT2D eigenvalue weighted by molar-refractivity contribution is 4.69. The van der Waals surface area contributed by atoms with Crippen LogP contribution in [-0.2, 0) is 4.74 Å². The third kappa shape index (κ3) is 6.99. The summed E-state index contributed by atoms with van der Waals surface area (Å²) in [5.74, 6) is 0. The van der Waals surface area contributed by atoms with E-state index < -0.39 is 0 Å². The summed E-state index contributed by atoms with van der Waals surface area (Å²) in [5.41, 5.74) is 5.95. The van der Waals surface area contributed by atoms with Crippen molar-refractivity contribution in [3.05, 3.63) is 0 Å². The summed E-state index contributed by atoms with van der Waals surface area (Å²) in [4.78, 5) is 2.19. The number of hydrogen-bond donors (Lipinski definition) is 1. The summed E-state index contributed by atoms with van der Waals surface area (Å²) in [7, 11) is 4.17. The Morgan fingerprint density at radius 2 is 2.00 bits per heavy atom. The molecule has 0 saturated heterocycles. The standard InChI is InChI=1S/C10H24N2O/c1-5-13-7-6-10(11)8-9(2)12(3)4/h9-10H,5-8,11H2,1-4H3. The van der Waals surface area contributed by atoms with E-state index in [0.717, 1.165) is 26.1 Å². The maximum Gasteiger partial charge on any atom is 0.0480 e. The van der Waals surface area contributed by atoms with Crippen LogP contribution in [0, 0.1) is 0 Å². The van der Waals surface area contributed by atoms with Crippen LogP contribution >= 0.6 is 0 Å². The second-order valence-electron chi connectivity index (χ2n) is 3.79. The van der Waals surface area contributed by atoms with Crippen LogP contribution in [-0.4, -0.2) is 44.3 Å². The minimum atomic E-state index is 0.268. The normalized spacial score (nSPS) is 16.2. The molecule has 0 aliphatic carbocycles. The van der Waals surface area contributed by atoms with Crippen LogP contribution in [0.4, 0.5) is 0 Å². The van der Waals surface area contributed by atoms with E-state index in [2.05, 4.69) is 25.9 Å². The zero-order chi connectivity index (χ0) is 10.3. The summed E-state index contributed by atoms with van der Waals surface area (Å²) >= 11 is 0. The SMILES string of the molecule is CCOCCC(N)CC(C)N(C)C. The van der Waals surface area contributed by atoms with Crippen LogP contribution in [0.15, 0.2) is 0 Å². The van der Waals surface area contributed by atoms with Crippen molar-refractivity contribution >= 4 is 0 Å². The highest BCUT2D eigenvalue weighted by atomic mass is 16.5.